The maximum atomic E-state index is 5.99. The third-order valence-corrected chi connectivity index (χ3v) is 2.36. The number of hydrogen-bond donors (Lipinski definition) is 1. The molecule has 1 aromatic heterocycles. The van der Waals surface area contributed by atoms with E-state index in [9.17, 15) is 0 Å². The number of rotatable bonds is 1. The normalized spacial score (nSPS) is 10.3. The van der Waals surface area contributed by atoms with E-state index in [0.29, 0.717) is 5.02 Å². The minimum atomic E-state index is 0.668. The average molecular weight is 211 g/mol. The van der Waals surface area contributed by atoms with Crippen LogP contribution in [0.4, 0.5) is 0 Å². The molecule has 1 heterocycles. The van der Waals surface area contributed by atoms with Crippen molar-refractivity contribution in [1.29, 1.82) is 0 Å². The quantitative estimate of drug-likeness (QED) is 0.717. The minimum Gasteiger partial charge on any atom is -0.226 e. The minimum absolute atomic E-state index is 0.668. The van der Waals surface area contributed by atoms with Crippen LogP contribution in [0, 0.1) is 0 Å². The van der Waals surface area contributed by atoms with Crippen LogP contribution in [0.1, 0.15) is 0 Å². The monoisotopic (exact) mass is 210 g/mol. The van der Waals surface area contributed by atoms with Gasteiger partial charge in [0.05, 0.1) is 21.9 Å². The van der Waals surface area contributed by atoms with Crippen LogP contribution in [0.2, 0.25) is 5.02 Å². The third-order valence-electron chi connectivity index (χ3n) is 1.70. The number of para-hydroxylation sites is 1. The van der Waals surface area contributed by atoms with E-state index < -0.39 is 0 Å². The summed E-state index contributed by atoms with van der Waals surface area (Å²) in [5, 5.41) is 5.54. The number of benzene rings is 1. The van der Waals surface area contributed by atoms with Crippen LogP contribution in [0.3, 0.4) is 0 Å². The maximum absolute atomic E-state index is 5.99. The Morgan fingerprint density at radius 2 is 2.00 bits per heavy atom. The second-order valence-corrected chi connectivity index (χ2v) is 3.42. The number of aromatic nitrogens is 2. The molecule has 0 radical (unpaired) electrons. The molecule has 0 spiro atoms. The largest absolute Gasteiger partial charge is 0.226 e. The molecule has 66 valence electrons. The molecule has 0 amide bonds. The first-order chi connectivity index (χ1) is 6.29. The van der Waals surface area contributed by atoms with E-state index in [1.165, 1.54) is 0 Å². The van der Waals surface area contributed by atoms with E-state index in [2.05, 4.69) is 17.7 Å². The van der Waals surface area contributed by atoms with Crippen molar-refractivity contribution in [3.05, 3.63) is 41.6 Å². The molecule has 0 atom stereocenters. The zero-order valence-corrected chi connectivity index (χ0v) is 8.33. The first-order valence-electron chi connectivity index (χ1n) is 3.77. The lowest BCUT2D eigenvalue weighted by Gasteiger charge is -2.04. The van der Waals surface area contributed by atoms with Crippen molar-refractivity contribution in [3.8, 4) is 5.69 Å². The van der Waals surface area contributed by atoms with Crippen LogP contribution in [0.15, 0.2) is 41.6 Å². The zero-order valence-electron chi connectivity index (χ0n) is 6.68. The number of hydrogen-bond acceptors (Lipinski definition) is 2. The molecule has 0 unspecified atom stereocenters. The van der Waals surface area contributed by atoms with Gasteiger partial charge in [-0.25, -0.2) is 4.68 Å². The summed E-state index contributed by atoms with van der Waals surface area (Å²) in [5.74, 6) is 0. The van der Waals surface area contributed by atoms with Gasteiger partial charge in [-0.1, -0.05) is 23.7 Å². The number of nitrogens with zero attached hydrogens (tertiary/aromatic N) is 2. The molecule has 0 aliphatic heterocycles. The second-order valence-electron chi connectivity index (χ2n) is 2.55. The SMILES string of the molecule is Sc1ccnn1-c1ccccc1Cl. The third kappa shape index (κ3) is 1.57. The second kappa shape index (κ2) is 3.44. The smallest absolute Gasteiger partial charge is 0.0968 e. The van der Waals surface area contributed by atoms with Crippen molar-refractivity contribution in [1.82, 2.24) is 9.78 Å². The molecule has 2 rings (SSSR count). The van der Waals surface area contributed by atoms with Crippen molar-refractivity contribution in [2.24, 2.45) is 0 Å². The van der Waals surface area contributed by atoms with Crippen LogP contribution < -0.4 is 0 Å². The molecule has 0 N–H and O–H groups in total. The van der Waals surface area contributed by atoms with Crippen molar-refractivity contribution in [2.75, 3.05) is 0 Å². The van der Waals surface area contributed by atoms with Crippen LogP contribution in [0.5, 0.6) is 0 Å². The lowest BCUT2D eigenvalue weighted by molar-refractivity contribution is 0.806. The Hall–Kier alpha value is -0.930. The fraction of sp³-hybridized carbons (Fsp3) is 0. The summed E-state index contributed by atoms with van der Waals surface area (Å²) in [5.41, 5.74) is 0.846. The molecule has 0 saturated heterocycles. The fourth-order valence-electron chi connectivity index (χ4n) is 1.11. The van der Waals surface area contributed by atoms with Crippen molar-refractivity contribution < 1.29 is 0 Å². The molecule has 0 saturated carbocycles. The van der Waals surface area contributed by atoms with E-state index >= 15 is 0 Å². The van der Waals surface area contributed by atoms with Crippen molar-refractivity contribution in [3.63, 3.8) is 0 Å². The highest BCUT2D eigenvalue weighted by Crippen LogP contribution is 2.21. The fourth-order valence-corrected chi connectivity index (χ4v) is 1.55. The Balaban J connectivity index is 2.59. The van der Waals surface area contributed by atoms with Gasteiger partial charge in [0.2, 0.25) is 0 Å². The molecule has 4 heteroatoms. The highest BCUT2D eigenvalue weighted by Gasteiger charge is 2.04. The van der Waals surface area contributed by atoms with Crippen LogP contribution in [-0.4, -0.2) is 9.78 Å². The Bertz CT molecular complexity index is 425. The van der Waals surface area contributed by atoms with E-state index in [4.69, 9.17) is 11.6 Å². The van der Waals surface area contributed by atoms with Gasteiger partial charge in [-0.05, 0) is 18.2 Å². The standard InChI is InChI=1S/C9H7ClN2S/c10-7-3-1-2-4-8(7)12-9(13)5-6-11-12/h1-6,13H. The van der Waals surface area contributed by atoms with Crippen molar-refractivity contribution >= 4 is 24.2 Å². The molecule has 0 bridgehead atoms. The van der Waals surface area contributed by atoms with Gasteiger partial charge < -0.3 is 0 Å². The van der Waals surface area contributed by atoms with Gasteiger partial charge in [0, 0.05) is 0 Å². The zero-order chi connectivity index (χ0) is 9.26. The van der Waals surface area contributed by atoms with Gasteiger partial charge >= 0.3 is 0 Å². The van der Waals surface area contributed by atoms with Crippen LogP contribution in [-0.2, 0) is 0 Å². The van der Waals surface area contributed by atoms with Gasteiger partial charge in [-0.15, -0.1) is 12.6 Å². The predicted octanol–water partition coefficient (Wildman–Crippen LogP) is 2.81. The molecule has 0 fully saturated rings. The van der Waals surface area contributed by atoms with Gasteiger partial charge in [-0.2, -0.15) is 5.10 Å². The first kappa shape index (κ1) is 8.66. The van der Waals surface area contributed by atoms with Gasteiger partial charge in [0.1, 0.15) is 0 Å². The molecular formula is C9H7ClN2S. The van der Waals surface area contributed by atoms with E-state index in [-0.39, 0.29) is 0 Å². The summed E-state index contributed by atoms with van der Waals surface area (Å²) in [6, 6.07) is 9.33. The summed E-state index contributed by atoms with van der Waals surface area (Å²) < 4.78 is 1.69. The van der Waals surface area contributed by atoms with Crippen LogP contribution >= 0.6 is 24.2 Å². The molecule has 2 nitrogen and oxygen atoms in total. The topological polar surface area (TPSA) is 17.8 Å². The van der Waals surface area contributed by atoms with Gasteiger partial charge in [0.25, 0.3) is 0 Å². The molecule has 1 aromatic carbocycles. The Morgan fingerprint density at radius 1 is 1.23 bits per heavy atom. The highest BCUT2D eigenvalue weighted by molar-refractivity contribution is 7.80. The lowest BCUT2D eigenvalue weighted by atomic mass is 10.3. The Labute approximate surface area is 86.6 Å². The number of halogens is 1. The Kier molecular flexibility index (Phi) is 2.29. The maximum Gasteiger partial charge on any atom is 0.0968 e. The first-order valence-corrected chi connectivity index (χ1v) is 4.59. The summed E-state index contributed by atoms with van der Waals surface area (Å²) >= 11 is 10.2. The van der Waals surface area contributed by atoms with Gasteiger partial charge in [0.15, 0.2) is 0 Å². The lowest BCUT2D eigenvalue weighted by Crippen LogP contribution is -1.96. The highest BCUT2D eigenvalue weighted by atomic mass is 35.5. The van der Waals surface area contributed by atoms with E-state index in [0.717, 1.165) is 10.7 Å². The van der Waals surface area contributed by atoms with E-state index in [1.807, 2.05) is 30.3 Å². The molecule has 2 aromatic rings. The molecule has 13 heavy (non-hydrogen) atoms. The number of thiol groups is 1. The van der Waals surface area contributed by atoms with Crippen molar-refractivity contribution in [2.45, 2.75) is 5.03 Å². The average Bonchev–Trinajstić information content (AvgIpc) is 2.52. The Morgan fingerprint density at radius 3 is 2.62 bits per heavy atom. The summed E-state index contributed by atoms with van der Waals surface area (Å²) in [4.78, 5) is 0. The molecule has 0 aliphatic carbocycles. The van der Waals surface area contributed by atoms with Gasteiger partial charge in [-0.3, -0.25) is 0 Å². The summed E-state index contributed by atoms with van der Waals surface area (Å²) in [7, 11) is 0. The predicted molar refractivity (Wildman–Crippen MR) is 55.8 cm³/mol. The summed E-state index contributed by atoms with van der Waals surface area (Å²) in [6.07, 6.45) is 1.69. The van der Waals surface area contributed by atoms with E-state index in [1.54, 1.807) is 10.9 Å². The summed E-state index contributed by atoms with van der Waals surface area (Å²) in [6.45, 7) is 0. The molecular weight excluding hydrogens is 204 g/mol. The molecule has 0 aliphatic rings. The van der Waals surface area contributed by atoms with Crippen LogP contribution in [0.25, 0.3) is 5.69 Å².